The molecule has 0 N–H and O–H groups in total. The molecule has 2 fully saturated rings. The maximum absolute atomic E-state index is 13.2. The molecule has 0 spiro atoms. The number of benzene rings is 2. The van der Waals surface area contributed by atoms with Crippen LogP contribution in [0.2, 0.25) is 0 Å². The maximum atomic E-state index is 13.2. The van der Waals surface area contributed by atoms with E-state index in [1.54, 1.807) is 17.7 Å². The third kappa shape index (κ3) is 3.85. The first-order valence-electron chi connectivity index (χ1n) is 12.8. The lowest BCUT2D eigenvalue weighted by molar-refractivity contribution is -0.132. The Hall–Kier alpha value is -3.67. The highest BCUT2D eigenvalue weighted by molar-refractivity contribution is 5.84. The zero-order chi connectivity index (χ0) is 25.0. The van der Waals surface area contributed by atoms with Crippen molar-refractivity contribution in [1.29, 1.82) is 0 Å². The van der Waals surface area contributed by atoms with Crippen molar-refractivity contribution in [2.24, 2.45) is 18.9 Å². The summed E-state index contributed by atoms with van der Waals surface area (Å²) in [6.07, 6.45) is 6.60. The molecule has 3 unspecified atom stereocenters. The number of amides is 1. The Morgan fingerprint density at radius 2 is 1.92 bits per heavy atom. The van der Waals surface area contributed by atoms with Crippen molar-refractivity contribution in [3.05, 3.63) is 94.0 Å². The van der Waals surface area contributed by atoms with Gasteiger partial charge in [0.1, 0.15) is 0 Å². The number of hydrogen-bond donors (Lipinski definition) is 0. The Balaban J connectivity index is 1.42. The average molecular weight is 481 g/mol. The second kappa shape index (κ2) is 8.47. The number of fused-ring (bicyclic) bond motifs is 1. The van der Waals surface area contributed by atoms with E-state index in [1.165, 1.54) is 16.7 Å². The molecule has 4 aromatic rings. The summed E-state index contributed by atoms with van der Waals surface area (Å²) < 4.78 is 3.47. The van der Waals surface area contributed by atoms with Crippen LogP contribution in [0.1, 0.15) is 36.5 Å². The number of aryl methyl sites for hydroxylation is 2. The van der Waals surface area contributed by atoms with Crippen molar-refractivity contribution in [1.82, 2.24) is 19.2 Å². The Kier molecular flexibility index (Phi) is 5.36. The fourth-order valence-corrected chi connectivity index (χ4v) is 6.07. The first kappa shape index (κ1) is 22.8. The van der Waals surface area contributed by atoms with Crippen molar-refractivity contribution in [2.45, 2.75) is 38.5 Å². The maximum Gasteiger partial charge on any atom is 0.250 e. The SMILES string of the molecule is Cc1cc2c(cnn2-c2ccc(=O)n(C)c2)cc1C1(Cc2ccccc2)CCN(C(=O)C2CC2C)C1. The van der Waals surface area contributed by atoms with Gasteiger partial charge < -0.3 is 9.47 Å². The summed E-state index contributed by atoms with van der Waals surface area (Å²) in [5.74, 6) is 1.06. The molecule has 36 heavy (non-hydrogen) atoms. The third-order valence-corrected chi connectivity index (χ3v) is 8.28. The van der Waals surface area contributed by atoms with Gasteiger partial charge in [0.2, 0.25) is 11.5 Å². The van der Waals surface area contributed by atoms with E-state index in [0.717, 1.165) is 48.9 Å². The van der Waals surface area contributed by atoms with Gasteiger partial charge in [-0.25, -0.2) is 4.68 Å². The number of aromatic nitrogens is 3. The topological polar surface area (TPSA) is 60.1 Å². The molecule has 0 radical (unpaired) electrons. The van der Waals surface area contributed by atoms with Gasteiger partial charge in [-0.15, -0.1) is 0 Å². The Labute approximate surface area is 211 Å². The summed E-state index contributed by atoms with van der Waals surface area (Å²) in [6, 6.07) is 18.5. The largest absolute Gasteiger partial charge is 0.342 e. The van der Waals surface area contributed by atoms with Gasteiger partial charge in [0.25, 0.3) is 0 Å². The zero-order valence-electron chi connectivity index (χ0n) is 21.1. The predicted octanol–water partition coefficient (Wildman–Crippen LogP) is 4.40. The van der Waals surface area contributed by atoms with E-state index in [4.69, 9.17) is 0 Å². The molecule has 3 atom stereocenters. The molecule has 1 aliphatic heterocycles. The fourth-order valence-electron chi connectivity index (χ4n) is 6.07. The number of nitrogens with zero attached hydrogens (tertiary/aromatic N) is 4. The molecule has 1 saturated carbocycles. The minimum atomic E-state index is -0.133. The molecule has 1 aliphatic carbocycles. The van der Waals surface area contributed by atoms with Crippen LogP contribution in [-0.2, 0) is 23.7 Å². The van der Waals surface area contributed by atoms with E-state index < -0.39 is 0 Å². The van der Waals surface area contributed by atoms with Crippen molar-refractivity contribution >= 4 is 16.8 Å². The monoisotopic (exact) mass is 480 g/mol. The second-order valence-electron chi connectivity index (χ2n) is 10.9. The van der Waals surface area contributed by atoms with Crippen molar-refractivity contribution in [3.8, 4) is 5.69 Å². The van der Waals surface area contributed by atoms with Gasteiger partial charge in [-0.05, 0) is 67.0 Å². The van der Waals surface area contributed by atoms with Crippen LogP contribution in [0, 0.1) is 18.8 Å². The number of carbonyl (C=O) groups is 1. The lowest BCUT2D eigenvalue weighted by Gasteiger charge is -2.32. The number of carbonyl (C=O) groups excluding carboxylic acids is 1. The molecule has 6 nitrogen and oxygen atoms in total. The lowest BCUT2D eigenvalue weighted by atomic mass is 9.73. The highest BCUT2D eigenvalue weighted by Crippen LogP contribution is 2.45. The van der Waals surface area contributed by atoms with E-state index >= 15 is 0 Å². The van der Waals surface area contributed by atoms with Crippen LogP contribution in [0.15, 0.2) is 71.8 Å². The van der Waals surface area contributed by atoms with Gasteiger partial charge in [-0.1, -0.05) is 37.3 Å². The van der Waals surface area contributed by atoms with Gasteiger partial charge >= 0.3 is 0 Å². The van der Waals surface area contributed by atoms with E-state index in [1.807, 2.05) is 23.1 Å². The number of rotatable bonds is 5. The van der Waals surface area contributed by atoms with Gasteiger partial charge in [-0.3, -0.25) is 9.59 Å². The number of likely N-dealkylation sites (tertiary alicyclic amines) is 1. The van der Waals surface area contributed by atoms with Crippen LogP contribution in [0.4, 0.5) is 0 Å². The van der Waals surface area contributed by atoms with Crippen molar-refractivity contribution in [3.63, 3.8) is 0 Å². The predicted molar refractivity (Wildman–Crippen MR) is 141 cm³/mol. The van der Waals surface area contributed by atoms with Crippen molar-refractivity contribution < 1.29 is 4.79 Å². The first-order chi connectivity index (χ1) is 17.3. The number of hydrogen-bond acceptors (Lipinski definition) is 3. The second-order valence-corrected chi connectivity index (χ2v) is 10.9. The van der Waals surface area contributed by atoms with E-state index in [9.17, 15) is 9.59 Å². The summed E-state index contributed by atoms with van der Waals surface area (Å²) in [5, 5.41) is 5.74. The van der Waals surface area contributed by atoms with Crippen LogP contribution in [0.3, 0.4) is 0 Å². The highest BCUT2D eigenvalue weighted by Gasteiger charge is 2.47. The number of pyridine rings is 1. The van der Waals surface area contributed by atoms with Crippen molar-refractivity contribution in [2.75, 3.05) is 13.1 Å². The molecule has 2 aromatic carbocycles. The van der Waals surface area contributed by atoms with Gasteiger partial charge in [0.05, 0.1) is 17.4 Å². The van der Waals surface area contributed by atoms with E-state index in [0.29, 0.717) is 11.8 Å². The van der Waals surface area contributed by atoms with Crippen LogP contribution in [0.25, 0.3) is 16.6 Å². The average Bonchev–Trinajstić information content (AvgIpc) is 3.25. The van der Waals surface area contributed by atoms with Gasteiger partial charge in [-0.2, -0.15) is 5.10 Å². The molecule has 2 aromatic heterocycles. The summed E-state index contributed by atoms with van der Waals surface area (Å²) in [6.45, 7) is 5.91. The molecule has 1 saturated heterocycles. The molecule has 1 amide bonds. The van der Waals surface area contributed by atoms with Crippen LogP contribution < -0.4 is 5.56 Å². The molecule has 0 bridgehead atoms. The molecule has 184 valence electrons. The minimum absolute atomic E-state index is 0.0440. The molecule has 6 heteroatoms. The van der Waals surface area contributed by atoms with Gasteiger partial charge in [0, 0.05) is 49.1 Å². The highest BCUT2D eigenvalue weighted by atomic mass is 16.2. The van der Waals surface area contributed by atoms with E-state index in [-0.39, 0.29) is 16.9 Å². The third-order valence-electron chi connectivity index (χ3n) is 8.28. The smallest absolute Gasteiger partial charge is 0.250 e. The molecule has 2 aliphatic rings. The Morgan fingerprint density at radius 1 is 1.14 bits per heavy atom. The summed E-state index contributed by atoms with van der Waals surface area (Å²) >= 11 is 0. The van der Waals surface area contributed by atoms with Gasteiger partial charge in [0.15, 0.2) is 0 Å². The molecular formula is C30H32N4O2. The van der Waals surface area contributed by atoms with E-state index in [2.05, 4.69) is 66.3 Å². The van der Waals surface area contributed by atoms with Crippen LogP contribution in [0.5, 0.6) is 0 Å². The molecule has 3 heterocycles. The standard InChI is InChI=1S/C30H32N4O2/c1-20-13-25(20)29(36)33-12-11-30(19-33,16-22-7-5-4-6-8-22)26-15-23-17-31-34(27(23)14-21(26)2)24-9-10-28(35)32(3)18-24/h4-10,14-15,17-18,20,25H,11-13,16,19H2,1-3H3. The molecular weight excluding hydrogens is 448 g/mol. The van der Waals surface area contributed by atoms with Crippen LogP contribution in [-0.4, -0.2) is 38.2 Å². The summed E-state index contributed by atoms with van der Waals surface area (Å²) in [4.78, 5) is 27.2. The minimum Gasteiger partial charge on any atom is -0.342 e. The Bertz CT molecular complexity index is 1520. The lowest BCUT2D eigenvalue weighted by Crippen LogP contribution is -2.37. The fraction of sp³-hybridized carbons (Fsp3) is 0.367. The summed E-state index contributed by atoms with van der Waals surface area (Å²) in [7, 11) is 1.75. The normalized spacial score (nSPS) is 23.4. The van der Waals surface area contributed by atoms with Crippen LogP contribution >= 0.6 is 0 Å². The Morgan fingerprint density at radius 3 is 2.64 bits per heavy atom. The zero-order valence-corrected chi connectivity index (χ0v) is 21.1. The quantitative estimate of drug-likeness (QED) is 0.425. The molecule has 6 rings (SSSR count). The summed E-state index contributed by atoms with van der Waals surface area (Å²) in [5.41, 5.74) is 5.50. The first-order valence-corrected chi connectivity index (χ1v) is 12.8.